The molecule has 0 unspecified atom stereocenters. The van der Waals surface area contributed by atoms with Gasteiger partial charge in [-0.3, -0.25) is 4.79 Å². The minimum Gasteiger partial charge on any atom is -0.388 e. The Bertz CT molecular complexity index is 323. The van der Waals surface area contributed by atoms with E-state index in [2.05, 4.69) is 5.32 Å². The first-order valence-corrected chi connectivity index (χ1v) is 7.40. The third-order valence-corrected chi connectivity index (χ3v) is 3.55. The summed E-state index contributed by atoms with van der Waals surface area (Å²) < 4.78 is 0. The monoisotopic (exact) mass is 259 g/mol. The van der Waals surface area contributed by atoms with Crippen molar-refractivity contribution < 1.29 is 9.90 Å². The number of amides is 1. The van der Waals surface area contributed by atoms with E-state index in [-0.39, 0.29) is 5.91 Å². The second kappa shape index (κ2) is 6.27. The SMILES string of the molecule is CSCC[C@@](C)(O)CNC(=O)c1ccsc1. The minimum absolute atomic E-state index is 0.120. The van der Waals surface area contributed by atoms with Gasteiger partial charge in [0.25, 0.3) is 5.91 Å². The lowest BCUT2D eigenvalue weighted by molar-refractivity contribution is 0.0528. The number of carbonyl (C=O) groups excluding carboxylic acids is 1. The number of thioether (sulfide) groups is 1. The van der Waals surface area contributed by atoms with Gasteiger partial charge in [-0.15, -0.1) is 0 Å². The molecule has 0 fully saturated rings. The zero-order chi connectivity index (χ0) is 12.0. The highest BCUT2D eigenvalue weighted by atomic mass is 32.2. The molecule has 0 saturated heterocycles. The van der Waals surface area contributed by atoms with E-state index < -0.39 is 5.60 Å². The number of nitrogens with one attached hydrogen (secondary N) is 1. The number of carbonyl (C=O) groups is 1. The molecule has 90 valence electrons. The standard InChI is InChI=1S/C11H17NO2S2/c1-11(14,4-6-15-2)8-12-10(13)9-3-5-16-7-9/h3,5,7,14H,4,6,8H2,1-2H3,(H,12,13)/t11-/m1/s1. The van der Waals surface area contributed by atoms with Crippen molar-refractivity contribution in [3.63, 3.8) is 0 Å². The van der Waals surface area contributed by atoms with Gasteiger partial charge in [0.15, 0.2) is 0 Å². The predicted molar refractivity (Wildman–Crippen MR) is 70.3 cm³/mol. The maximum absolute atomic E-state index is 11.6. The molecule has 0 aliphatic rings. The zero-order valence-corrected chi connectivity index (χ0v) is 11.2. The average molecular weight is 259 g/mol. The third-order valence-electron chi connectivity index (χ3n) is 2.26. The van der Waals surface area contributed by atoms with Crippen molar-refractivity contribution in [3.05, 3.63) is 22.4 Å². The van der Waals surface area contributed by atoms with E-state index in [0.717, 1.165) is 5.75 Å². The molecule has 5 heteroatoms. The molecular formula is C11H17NO2S2. The first-order chi connectivity index (χ1) is 7.55. The first kappa shape index (κ1) is 13.5. The molecule has 1 aromatic heterocycles. The number of aliphatic hydroxyl groups is 1. The lowest BCUT2D eigenvalue weighted by Gasteiger charge is -2.23. The minimum atomic E-state index is -0.825. The molecule has 16 heavy (non-hydrogen) atoms. The lowest BCUT2D eigenvalue weighted by Crippen LogP contribution is -2.40. The van der Waals surface area contributed by atoms with Crippen molar-refractivity contribution in [2.75, 3.05) is 18.6 Å². The molecule has 1 aromatic rings. The van der Waals surface area contributed by atoms with E-state index in [4.69, 9.17) is 0 Å². The molecule has 1 heterocycles. The fourth-order valence-corrected chi connectivity index (χ4v) is 2.46. The van der Waals surface area contributed by atoms with Crippen molar-refractivity contribution >= 4 is 29.0 Å². The molecule has 0 aromatic carbocycles. The zero-order valence-electron chi connectivity index (χ0n) is 9.53. The molecule has 0 spiro atoms. The highest BCUT2D eigenvalue weighted by Crippen LogP contribution is 2.12. The van der Waals surface area contributed by atoms with Gasteiger partial charge in [0, 0.05) is 17.5 Å². The fraction of sp³-hybridized carbons (Fsp3) is 0.545. The molecule has 0 aliphatic heterocycles. The topological polar surface area (TPSA) is 49.3 Å². The maximum atomic E-state index is 11.6. The molecule has 0 saturated carbocycles. The van der Waals surface area contributed by atoms with Crippen molar-refractivity contribution in [1.29, 1.82) is 0 Å². The summed E-state index contributed by atoms with van der Waals surface area (Å²) in [5, 5.41) is 16.4. The summed E-state index contributed by atoms with van der Waals surface area (Å²) in [6.07, 6.45) is 2.68. The Hall–Kier alpha value is -0.520. The quantitative estimate of drug-likeness (QED) is 0.821. The van der Waals surface area contributed by atoms with Gasteiger partial charge in [-0.1, -0.05) is 0 Å². The van der Waals surface area contributed by atoms with Crippen LogP contribution in [0.15, 0.2) is 16.8 Å². The summed E-state index contributed by atoms with van der Waals surface area (Å²) in [7, 11) is 0. The van der Waals surface area contributed by atoms with Gasteiger partial charge in [-0.25, -0.2) is 0 Å². The fourth-order valence-electron chi connectivity index (χ4n) is 1.18. The third kappa shape index (κ3) is 4.55. The van der Waals surface area contributed by atoms with Crippen LogP contribution in [0.4, 0.5) is 0 Å². The van der Waals surface area contributed by atoms with Crippen LogP contribution in [0.3, 0.4) is 0 Å². The molecule has 1 atom stereocenters. The normalized spacial score (nSPS) is 14.4. The summed E-state index contributed by atoms with van der Waals surface area (Å²) in [5.74, 6) is 0.770. The highest BCUT2D eigenvalue weighted by Gasteiger charge is 2.20. The number of rotatable bonds is 6. The molecule has 0 bridgehead atoms. The largest absolute Gasteiger partial charge is 0.388 e. The van der Waals surface area contributed by atoms with Crippen LogP contribution in [0.25, 0.3) is 0 Å². The molecule has 1 rings (SSSR count). The molecule has 1 amide bonds. The Labute approximate surface area is 104 Å². The van der Waals surface area contributed by atoms with Crippen LogP contribution in [0.2, 0.25) is 0 Å². The Kier molecular flexibility index (Phi) is 5.31. The van der Waals surface area contributed by atoms with Crippen molar-refractivity contribution in [2.24, 2.45) is 0 Å². The van der Waals surface area contributed by atoms with Crippen LogP contribution < -0.4 is 5.32 Å². The molecule has 0 radical (unpaired) electrons. The van der Waals surface area contributed by atoms with Crippen LogP contribution in [-0.2, 0) is 0 Å². The number of thiophene rings is 1. The second-order valence-electron chi connectivity index (χ2n) is 3.93. The van der Waals surface area contributed by atoms with E-state index in [1.54, 1.807) is 30.1 Å². The molecule has 0 aliphatic carbocycles. The van der Waals surface area contributed by atoms with Gasteiger partial charge in [-0.2, -0.15) is 23.1 Å². The summed E-state index contributed by atoms with van der Waals surface area (Å²) in [5.41, 5.74) is -0.167. The Balaban J connectivity index is 2.36. The van der Waals surface area contributed by atoms with E-state index in [1.165, 1.54) is 11.3 Å². The van der Waals surface area contributed by atoms with Gasteiger partial charge < -0.3 is 10.4 Å². The van der Waals surface area contributed by atoms with Gasteiger partial charge in [-0.05, 0) is 36.8 Å². The van der Waals surface area contributed by atoms with Gasteiger partial charge in [0.2, 0.25) is 0 Å². The maximum Gasteiger partial charge on any atom is 0.252 e. The van der Waals surface area contributed by atoms with Gasteiger partial charge in [0.05, 0.1) is 5.60 Å². The van der Waals surface area contributed by atoms with E-state index >= 15 is 0 Å². The molecular weight excluding hydrogens is 242 g/mol. The predicted octanol–water partition coefficient (Wildman–Crippen LogP) is 1.98. The molecule has 2 N–H and O–H groups in total. The summed E-state index contributed by atoms with van der Waals surface area (Å²) in [6.45, 7) is 2.04. The summed E-state index contributed by atoms with van der Waals surface area (Å²) in [4.78, 5) is 11.6. The molecule has 3 nitrogen and oxygen atoms in total. The smallest absolute Gasteiger partial charge is 0.252 e. The highest BCUT2D eigenvalue weighted by molar-refractivity contribution is 7.98. The Morgan fingerprint density at radius 1 is 1.69 bits per heavy atom. The van der Waals surface area contributed by atoms with Crippen molar-refractivity contribution in [2.45, 2.75) is 18.9 Å². The van der Waals surface area contributed by atoms with Crippen LogP contribution in [0.1, 0.15) is 23.7 Å². The first-order valence-electron chi connectivity index (χ1n) is 5.07. The van der Waals surface area contributed by atoms with Gasteiger partial charge in [0.1, 0.15) is 0 Å². The van der Waals surface area contributed by atoms with Crippen LogP contribution in [0, 0.1) is 0 Å². The number of hydrogen-bond acceptors (Lipinski definition) is 4. The van der Waals surface area contributed by atoms with Gasteiger partial charge >= 0.3 is 0 Å². The lowest BCUT2D eigenvalue weighted by atomic mass is 10.0. The summed E-state index contributed by atoms with van der Waals surface area (Å²) in [6, 6.07) is 1.77. The van der Waals surface area contributed by atoms with E-state index in [0.29, 0.717) is 18.5 Å². The number of hydrogen-bond donors (Lipinski definition) is 2. The van der Waals surface area contributed by atoms with E-state index in [9.17, 15) is 9.90 Å². The van der Waals surface area contributed by atoms with E-state index in [1.807, 2.05) is 11.6 Å². The average Bonchev–Trinajstić information content (AvgIpc) is 2.77. The van der Waals surface area contributed by atoms with Crippen molar-refractivity contribution in [1.82, 2.24) is 5.32 Å². The second-order valence-corrected chi connectivity index (χ2v) is 5.70. The summed E-state index contributed by atoms with van der Waals surface area (Å²) >= 11 is 3.18. The van der Waals surface area contributed by atoms with Crippen molar-refractivity contribution in [3.8, 4) is 0 Å². The van der Waals surface area contributed by atoms with Crippen LogP contribution in [-0.4, -0.2) is 35.2 Å². The van der Waals surface area contributed by atoms with Crippen LogP contribution in [0.5, 0.6) is 0 Å². The Morgan fingerprint density at radius 2 is 2.44 bits per heavy atom. The Morgan fingerprint density at radius 3 is 3.00 bits per heavy atom. The van der Waals surface area contributed by atoms with Crippen LogP contribution >= 0.6 is 23.1 Å².